The highest BCUT2D eigenvalue weighted by Crippen LogP contribution is 2.44. The van der Waals surface area contributed by atoms with Crippen LogP contribution >= 0.6 is 7.92 Å². The summed E-state index contributed by atoms with van der Waals surface area (Å²) in [5.74, 6) is 0. The number of fused-ring (bicyclic) bond motifs is 3. The monoisotopic (exact) mass is 260 g/mol. The molecular weight excluding hydrogens is 247 g/mol. The second-order valence-corrected chi connectivity index (χ2v) is 6.86. The fourth-order valence-electron chi connectivity index (χ4n) is 2.78. The standard InChI is InChI=1S/C18H13P/c1-2-8-14(9-3-1)19-17-12-6-4-10-15(17)16-11-5-7-13-18(16)19/h1-13H/q+1. The smallest absolute Gasteiger partial charge is 0.0620 e. The molecule has 1 radical (unpaired) electrons. The minimum absolute atomic E-state index is 0.372. The summed E-state index contributed by atoms with van der Waals surface area (Å²) < 4.78 is 0. The molecule has 0 N–H and O–H groups in total. The van der Waals surface area contributed by atoms with Crippen LogP contribution in [-0.4, -0.2) is 0 Å². The minimum Gasteiger partial charge on any atom is -0.0620 e. The maximum absolute atomic E-state index is 2.29. The highest BCUT2D eigenvalue weighted by atomic mass is 31.1. The molecule has 4 rings (SSSR count). The van der Waals surface area contributed by atoms with Crippen LogP contribution in [0.3, 0.4) is 0 Å². The largest absolute Gasteiger partial charge is 0.247 e. The fraction of sp³-hybridized carbons (Fsp3) is 0. The van der Waals surface area contributed by atoms with E-state index < -0.39 is 0 Å². The van der Waals surface area contributed by atoms with Crippen molar-refractivity contribution in [2.24, 2.45) is 0 Å². The highest BCUT2D eigenvalue weighted by Gasteiger charge is 2.42. The van der Waals surface area contributed by atoms with E-state index >= 15 is 0 Å². The quantitative estimate of drug-likeness (QED) is 0.460. The Kier molecular flexibility index (Phi) is 2.50. The molecule has 0 fully saturated rings. The third kappa shape index (κ3) is 1.64. The van der Waals surface area contributed by atoms with Gasteiger partial charge in [-0.2, -0.15) is 0 Å². The molecule has 1 aliphatic heterocycles. The van der Waals surface area contributed by atoms with Crippen molar-refractivity contribution in [2.45, 2.75) is 0 Å². The van der Waals surface area contributed by atoms with E-state index in [-0.39, 0.29) is 7.92 Å². The van der Waals surface area contributed by atoms with Crippen molar-refractivity contribution in [3.63, 3.8) is 0 Å². The normalized spacial score (nSPS) is 13.1. The second-order valence-electron chi connectivity index (χ2n) is 4.71. The van der Waals surface area contributed by atoms with E-state index in [2.05, 4.69) is 78.9 Å². The molecule has 0 bridgehead atoms. The topological polar surface area (TPSA) is 0 Å². The van der Waals surface area contributed by atoms with Crippen LogP contribution in [-0.2, 0) is 0 Å². The van der Waals surface area contributed by atoms with Gasteiger partial charge in [-0.15, -0.1) is 0 Å². The number of rotatable bonds is 1. The number of hydrogen-bond acceptors (Lipinski definition) is 0. The molecule has 0 saturated carbocycles. The zero-order valence-electron chi connectivity index (χ0n) is 10.5. The summed E-state index contributed by atoms with van der Waals surface area (Å²) in [5, 5.41) is 4.42. The average Bonchev–Trinajstić information content (AvgIpc) is 2.83. The van der Waals surface area contributed by atoms with Gasteiger partial charge in [0.05, 0.1) is 0 Å². The molecule has 0 saturated heterocycles. The van der Waals surface area contributed by atoms with Crippen LogP contribution in [0.25, 0.3) is 11.1 Å². The SMILES string of the molecule is c1ccc([P+]2c3ccccc3-c3ccccc32)cc1. The molecule has 0 aliphatic carbocycles. The molecular formula is C18H13P+. The molecule has 0 spiro atoms. The van der Waals surface area contributed by atoms with Gasteiger partial charge >= 0.3 is 0 Å². The first-order valence-electron chi connectivity index (χ1n) is 6.49. The maximum Gasteiger partial charge on any atom is 0.247 e. The van der Waals surface area contributed by atoms with E-state index in [4.69, 9.17) is 0 Å². The molecule has 0 nitrogen and oxygen atoms in total. The van der Waals surface area contributed by atoms with Crippen molar-refractivity contribution in [1.29, 1.82) is 0 Å². The van der Waals surface area contributed by atoms with Crippen LogP contribution in [0.4, 0.5) is 0 Å². The van der Waals surface area contributed by atoms with E-state index in [0.717, 1.165) is 0 Å². The summed E-state index contributed by atoms with van der Waals surface area (Å²) in [6, 6.07) is 28.5. The number of benzene rings is 3. The molecule has 1 heteroatoms. The third-order valence-corrected chi connectivity index (χ3v) is 6.15. The molecule has 0 aromatic heterocycles. The van der Waals surface area contributed by atoms with E-state index in [1.54, 1.807) is 0 Å². The van der Waals surface area contributed by atoms with E-state index in [0.29, 0.717) is 0 Å². The van der Waals surface area contributed by atoms with Crippen LogP contribution in [0, 0.1) is 0 Å². The van der Waals surface area contributed by atoms with Crippen molar-refractivity contribution < 1.29 is 0 Å². The van der Waals surface area contributed by atoms with Crippen molar-refractivity contribution in [3.8, 4) is 11.1 Å². The maximum atomic E-state index is 2.29. The highest BCUT2D eigenvalue weighted by molar-refractivity contribution is 7.81. The molecule has 0 amide bonds. The second kappa shape index (κ2) is 4.33. The molecule has 89 valence electrons. The zero-order chi connectivity index (χ0) is 12.7. The van der Waals surface area contributed by atoms with Gasteiger partial charge in [0.2, 0.25) is 7.92 Å². The lowest BCUT2D eigenvalue weighted by molar-refractivity contribution is 1.71. The number of hydrogen-bond donors (Lipinski definition) is 0. The van der Waals surface area contributed by atoms with Crippen molar-refractivity contribution in [3.05, 3.63) is 78.9 Å². The predicted molar refractivity (Wildman–Crippen MR) is 84.1 cm³/mol. The lowest BCUT2D eigenvalue weighted by Crippen LogP contribution is -2.15. The summed E-state index contributed by atoms with van der Waals surface area (Å²) in [6.45, 7) is 0. The average molecular weight is 260 g/mol. The Bertz CT molecular complexity index is 686. The van der Waals surface area contributed by atoms with Gasteiger partial charge in [-0.05, 0) is 24.3 Å². The van der Waals surface area contributed by atoms with Crippen LogP contribution < -0.4 is 15.9 Å². The van der Waals surface area contributed by atoms with E-state index in [1.165, 1.54) is 27.0 Å². The molecule has 1 heterocycles. The molecule has 19 heavy (non-hydrogen) atoms. The Morgan fingerprint density at radius 2 is 0.947 bits per heavy atom. The van der Waals surface area contributed by atoms with Gasteiger partial charge in [-0.25, -0.2) is 0 Å². The molecule has 0 atom stereocenters. The van der Waals surface area contributed by atoms with E-state index in [1.807, 2.05) is 0 Å². The Labute approximate surface area is 114 Å². The molecule has 3 aromatic carbocycles. The van der Waals surface area contributed by atoms with Gasteiger partial charge in [0.1, 0.15) is 15.9 Å². The Morgan fingerprint density at radius 1 is 0.474 bits per heavy atom. The first kappa shape index (κ1) is 11.0. The summed E-state index contributed by atoms with van der Waals surface area (Å²) in [5.41, 5.74) is 2.82. The summed E-state index contributed by atoms with van der Waals surface area (Å²) in [4.78, 5) is 0. The lowest BCUT2D eigenvalue weighted by Gasteiger charge is -1.99. The van der Waals surface area contributed by atoms with Gasteiger partial charge < -0.3 is 0 Å². The van der Waals surface area contributed by atoms with Gasteiger partial charge in [-0.3, -0.25) is 0 Å². The zero-order valence-corrected chi connectivity index (χ0v) is 11.3. The summed E-state index contributed by atoms with van der Waals surface area (Å²) in [7, 11) is -0.372. The van der Waals surface area contributed by atoms with Crippen LogP contribution in [0.2, 0.25) is 0 Å². The molecule has 3 aromatic rings. The fourth-order valence-corrected chi connectivity index (χ4v) is 5.41. The van der Waals surface area contributed by atoms with Gasteiger partial charge in [0, 0.05) is 11.1 Å². The minimum atomic E-state index is -0.372. The lowest BCUT2D eigenvalue weighted by atomic mass is 10.1. The predicted octanol–water partition coefficient (Wildman–Crippen LogP) is 3.43. The molecule has 0 unspecified atom stereocenters. The van der Waals surface area contributed by atoms with Crippen molar-refractivity contribution in [1.82, 2.24) is 0 Å². The first-order chi connectivity index (χ1) is 9.45. The summed E-state index contributed by atoms with van der Waals surface area (Å²) >= 11 is 0. The Morgan fingerprint density at radius 3 is 1.53 bits per heavy atom. The van der Waals surface area contributed by atoms with Crippen molar-refractivity contribution in [2.75, 3.05) is 0 Å². The van der Waals surface area contributed by atoms with Crippen LogP contribution in [0.15, 0.2) is 78.9 Å². The van der Waals surface area contributed by atoms with Gasteiger partial charge in [0.25, 0.3) is 0 Å². The Balaban J connectivity index is 2.02. The van der Waals surface area contributed by atoms with Crippen LogP contribution in [0.5, 0.6) is 0 Å². The van der Waals surface area contributed by atoms with Gasteiger partial charge in [-0.1, -0.05) is 54.6 Å². The van der Waals surface area contributed by atoms with E-state index in [9.17, 15) is 0 Å². The molecule has 1 aliphatic rings. The van der Waals surface area contributed by atoms with Gasteiger partial charge in [0.15, 0.2) is 0 Å². The van der Waals surface area contributed by atoms with Crippen LogP contribution in [0.1, 0.15) is 0 Å². The first-order valence-corrected chi connectivity index (χ1v) is 7.83. The summed E-state index contributed by atoms with van der Waals surface area (Å²) in [6.07, 6.45) is 0. The third-order valence-electron chi connectivity index (χ3n) is 3.59. The Hall–Kier alpha value is -1.91. The van der Waals surface area contributed by atoms with Crippen molar-refractivity contribution >= 4 is 23.8 Å².